The van der Waals surface area contributed by atoms with Gasteiger partial charge in [0.2, 0.25) is 0 Å². The van der Waals surface area contributed by atoms with Crippen LogP contribution in [0.1, 0.15) is 34.0 Å². The molecule has 1 aliphatic rings. The summed E-state index contributed by atoms with van der Waals surface area (Å²) in [5.74, 6) is 0.919. The zero-order valence-corrected chi connectivity index (χ0v) is 14.1. The predicted octanol–water partition coefficient (Wildman–Crippen LogP) is 1.87. The van der Waals surface area contributed by atoms with E-state index in [2.05, 4.69) is 22.9 Å². The molecule has 0 bridgehead atoms. The molecule has 3 heterocycles. The summed E-state index contributed by atoms with van der Waals surface area (Å²) in [5.41, 5.74) is 0.464. The molecule has 0 saturated carbocycles. The number of hydrogen-bond acceptors (Lipinski definition) is 5. The Kier molecular flexibility index (Phi) is 4.46. The van der Waals surface area contributed by atoms with Crippen molar-refractivity contribution in [2.45, 2.75) is 13.0 Å². The molecule has 2 aromatic heterocycles. The van der Waals surface area contributed by atoms with Gasteiger partial charge in [-0.1, -0.05) is 6.92 Å². The molecule has 1 fully saturated rings. The van der Waals surface area contributed by atoms with Crippen molar-refractivity contribution in [3.8, 4) is 6.07 Å². The van der Waals surface area contributed by atoms with Crippen LogP contribution in [0.4, 0.5) is 0 Å². The van der Waals surface area contributed by atoms with Gasteiger partial charge in [0.05, 0.1) is 11.6 Å². The predicted molar refractivity (Wildman–Crippen MR) is 88.1 cm³/mol. The highest BCUT2D eigenvalue weighted by Crippen LogP contribution is 2.26. The highest BCUT2D eigenvalue weighted by Gasteiger charge is 2.33. The van der Waals surface area contributed by atoms with Gasteiger partial charge in [-0.3, -0.25) is 9.69 Å². The summed E-state index contributed by atoms with van der Waals surface area (Å²) in [6, 6.07) is 3.89. The molecule has 23 heavy (non-hydrogen) atoms. The van der Waals surface area contributed by atoms with Crippen LogP contribution in [-0.4, -0.2) is 51.4 Å². The van der Waals surface area contributed by atoms with Crippen molar-refractivity contribution in [3.63, 3.8) is 0 Å². The zero-order valence-electron chi connectivity index (χ0n) is 13.3. The second-order valence-corrected chi connectivity index (χ2v) is 6.48. The Bertz CT molecular complexity index is 744. The van der Waals surface area contributed by atoms with Crippen LogP contribution >= 0.6 is 11.3 Å². The Hall–Kier alpha value is -2.17. The van der Waals surface area contributed by atoms with Crippen LogP contribution in [-0.2, 0) is 7.05 Å². The van der Waals surface area contributed by atoms with Gasteiger partial charge < -0.3 is 9.47 Å². The molecule has 7 heteroatoms. The quantitative estimate of drug-likeness (QED) is 0.862. The molecule has 120 valence electrons. The Labute approximate surface area is 139 Å². The van der Waals surface area contributed by atoms with Crippen molar-refractivity contribution >= 4 is 17.2 Å². The number of aromatic nitrogens is 2. The lowest BCUT2D eigenvalue weighted by Gasteiger charge is -2.40. The molecule has 0 N–H and O–H groups in total. The van der Waals surface area contributed by atoms with E-state index < -0.39 is 0 Å². The first kappa shape index (κ1) is 15.7. The highest BCUT2D eigenvalue weighted by molar-refractivity contribution is 7.12. The molecule has 1 saturated heterocycles. The third-order valence-electron chi connectivity index (χ3n) is 4.32. The van der Waals surface area contributed by atoms with Gasteiger partial charge >= 0.3 is 0 Å². The number of aryl methyl sites for hydroxylation is 1. The van der Waals surface area contributed by atoms with Gasteiger partial charge in [0.15, 0.2) is 0 Å². The molecule has 3 rings (SSSR count). The summed E-state index contributed by atoms with van der Waals surface area (Å²) >= 11 is 1.34. The number of thiophene rings is 1. The van der Waals surface area contributed by atoms with Gasteiger partial charge in [-0.15, -0.1) is 11.3 Å². The smallest absolute Gasteiger partial charge is 0.265 e. The van der Waals surface area contributed by atoms with E-state index in [9.17, 15) is 4.79 Å². The number of amides is 1. The molecule has 1 atom stereocenters. The molecule has 0 aliphatic carbocycles. The third kappa shape index (κ3) is 2.87. The van der Waals surface area contributed by atoms with Crippen LogP contribution in [0, 0.1) is 11.3 Å². The van der Waals surface area contributed by atoms with E-state index in [-0.39, 0.29) is 11.9 Å². The van der Waals surface area contributed by atoms with E-state index in [1.54, 1.807) is 17.6 Å². The van der Waals surface area contributed by atoms with Crippen molar-refractivity contribution in [3.05, 3.63) is 40.1 Å². The monoisotopic (exact) mass is 329 g/mol. The number of carbonyl (C=O) groups excluding carboxylic acids is 1. The van der Waals surface area contributed by atoms with Crippen molar-refractivity contribution in [2.75, 3.05) is 26.2 Å². The maximum atomic E-state index is 12.8. The molecule has 6 nitrogen and oxygen atoms in total. The topological polar surface area (TPSA) is 65.2 Å². The summed E-state index contributed by atoms with van der Waals surface area (Å²) in [4.78, 5) is 22.0. The first-order chi connectivity index (χ1) is 11.2. The first-order valence-corrected chi connectivity index (χ1v) is 8.51. The molecule has 1 aliphatic heterocycles. The lowest BCUT2D eigenvalue weighted by Crippen LogP contribution is -2.50. The molecular formula is C16H19N5OS. The number of carbonyl (C=O) groups is 1. The summed E-state index contributed by atoms with van der Waals surface area (Å²) in [6.07, 6.45) is 3.72. The van der Waals surface area contributed by atoms with Gasteiger partial charge in [0, 0.05) is 39.1 Å². The SMILES string of the molecule is CCN1CCN(C(=O)c2sccc2C#N)C[C@H]1c1nccn1C. The van der Waals surface area contributed by atoms with E-state index >= 15 is 0 Å². The fraction of sp³-hybridized carbons (Fsp3) is 0.438. The minimum absolute atomic E-state index is 0.0495. The lowest BCUT2D eigenvalue weighted by molar-refractivity contribution is 0.0477. The van der Waals surface area contributed by atoms with Crippen molar-refractivity contribution in [1.82, 2.24) is 19.4 Å². The molecule has 0 unspecified atom stereocenters. The van der Waals surface area contributed by atoms with E-state index in [1.165, 1.54) is 11.3 Å². The highest BCUT2D eigenvalue weighted by atomic mass is 32.1. The standard InChI is InChI=1S/C16H19N5OS/c1-3-20-7-8-21(11-13(20)15-18-5-6-19(15)2)16(22)14-12(10-17)4-9-23-14/h4-6,9,13H,3,7-8,11H2,1-2H3/t13-/m0/s1. The summed E-state index contributed by atoms with van der Waals surface area (Å²) in [5, 5.41) is 10.9. The molecule has 0 spiro atoms. The van der Waals surface area contributed by atoms with Crippen LogP contribution in [0.3, 0.4) is 0 Å². The van der Waals surface area contributed by atoms with E-state index in [0.717, 1.165) is 18.9 Å². The number of piperazine rings is 1. The largest absolute Gasteiger partial charge is 0.337 e. The van der Waals surface area contributed by atoms with Crippen LogP contribution in [0.5, 0.6) is 0 Å². The third-order valence-corrected chi connectivity index (χ3v) is 5.22. The molecule has 0 aromatic carbocycles. The van der Waals surface area contributed by atoms with Crippen molar-refractivity contribution < 1.29 is 4.79 Å². The molecule has 0 radical (unpaired) electrons. The van der Waals surface area contributed by atoms with Gasteiger partial charge in [-0.2, -0.15) is 5.26 Å². The Morgan fingerprint density at radius 1 is 1.52 bits per heavy atom. The minimum Gasteiger partial charge on any atom is -0.337 e. The number of imidazole rings is 1. The molecular weight excluding hydrogens is 310 g/mol. The lowest BCUT2D eigenvalue weighted by atomic mass is 10.1. The van der Waals surface area contributed by atoms with E-state index in [4.69, 9.17) is 5.26 Å². The Balaban J connectivity index is 1.84. The number of nitriles is 1. The van der Waals surface area contributed by atoms with E-state index in [0.29, 0.717) is 23.5 Å². The Morgan fingerprint density at radius 2 is 2.35 bits per heavy atom. The minimum atomic E-state index is -0.0495. The molecule has 2 aromatic rings. The average molecular weight is 329 g/mol. The number of hydrogen-bond donors (Lipinski definition) is 0. The van der Waals surface area contributed by atoms with Crippen LogP contribution in [0.25, 0.3) is 0 Å². The second-order valence-electron chi connectivity index (χ2n) is 5.57. The number of rotatable bonds is 3. The van der Waals surface area contributed by atoms with Gasteiger partial charge in [-0.25, -0.2) is 4.98 Å². The fourth-order valence-corrected chi connectivity index (χ4v) is 3.84. The first-order valence-electron chi connectivity index (χ1n) is 7.63. The van der Waals surface area contributed by atoms with Gasteiger partial charge in [0.25, 0.3) is 5.91 Å². The van der Waals surface area contributed by atoms with Gasteiger partial charge in [0.1, 0.15) is 16.8 Å². The maximum Gasteiger partial charge on any atom is 0.265 e. The number of nitrogens with zero attached hydrogens (tertiary/aromatic N) is 5. The van der Waals surface area contributed by atoms with Gasteiger partial charge in [-0.05, 0) is 18.0 Å². The summed E-state index contributed by atoms with van der Waals surface area (Å²) in [7, 11) is 1.98. The second kappa shape index (κ2) is 6.52. The fourth-order valence-electron chi connectivity index (χ4n) is 3.03. The summed E-state index contributed by atoms with van der Waals surface area (Å²) < 4.78 is 2.01. The van der Waals surface area contributed by atoms with E-state index in [1.807, 2.05) is 22.7 Å². The maximum absolute atomic E-state index is 12.8. The Morgan fingerprint density at radius 3 is 3.00 bits per heavy atom. The normalized spacial score (nSPS) is 18.8. The van der Waals surface area contributed by atoms with Crippen LogP contribution < -0.4 is 0 Å². The molecule has 1 amide bonds. The van der Waals surface area contributed by atoms with Crippen LogP contribution in [0.2, 0.25) is 0 Å². The average Bonchev–Trinajstić information content (AvgIpc) is 3.22. The van der Waals surface area contributed by atoms with Crippen LogP contribution in [0.15, 0.2) is 23.8 Å². The summed E-state index contributed by atoms with van der Waals surface area (Å²) in [6.45, 7) is 5.13. The zero-order chi connectivity index (χ0) is 16.4. The number of likely N-dealkylation sites (N-methyl/N-ethyl adjacent to an activating group) is 1. The van der Waals surface area contributed by atoms with Crippen molar-refractivity contribution in [2.24, 2.45) is 7.05 Å². The van der Waals surface area contributed by atoms with Crippen molar-refractivity contribution in [1.29, 1.82) is 5.26 Å².